The molecule has 0 bridgehead atoms. The number of hydrogen-bond donors (Lipinski definition) is 2. The lowest BCUT2D eigenvalue weighted by molar-refractivity contribution is -0.136. The van der Waals surface area contributed by atoms with Gasteiger partial charge in [-0.2, -0.15) is 0 Å². The molecule has 2 aliphatic rings. The molecule has 0 aromatic heterocycles. The largest absolute Gasteiger partial charge is 0.454 e. The van der Waals surface area contributed by atoms with Gasteiger partial charge in [0.25, 0.3) is 5.91 Å². The van der Waals surface area contributed by atoms with Crippen molar-refractivity contribution in [3.8, 4) is 11.5 Å². The predicted octanol–water partition coefficient (Wildman–Crippen LogP) is 2.00. The van der Waals surface area contributed by atoms with E-state index in [-0.39, 0.29) is 18.6 Å². The maximum Gasteiger partial charge on any atom is 0.252 e. The second kappa shape index (κ2) is 9.70. The average Bonchev–Trinajstić information content (AvgIpc) is 3.35. The Morgan fingerprint density at radius 1 is 0.912 bits per heavy atom. The van der Waals surface area contributed by atoms with Gasteiger partial charge in [0.15, 0.2) is 11.5 Å². The molecule has 8 heteroatoms. The molecule has 1 unspecified atom stereocenters. The minimum atomic E-state index is -0.973. The molecule has 5 rings (SSSR count). The molecule has 2 heterocycles. The van der Waals surface area contributed by atoms with Crippen molar-refractivity contribution in [2.75, 3.05) is 39.6 Å². The summed E-state index contributed by atoms with van der Waals surface area (Å²) in [6.45, 7) is 3.03. The molecule has 3 aromatic rings. The predicted molar refractivity (Wildman–Crippen MR) is 127 cm³/mol. The zero-order valence-corrected chi connectivity index (χ0v) is 18.8. The second-order valence-electron chi connectivity index (χ2n) is 8.56. The van der Waals surface area contributed by atoms with Crippen LogP contribution in [0.15, 0.2) is 60.7 Å². The lowest BCUT2D eigenvalue weighted by Crippen LogP contribution is -2.55. The van der Waals surface area contributed by atoms with Crippen LogP contribution in [0, 0.1) is 0 Å². The van der Waals surface area contributed by atoms with Crippen molar-refractivity contribution in [1.82, 2.24) is 15.1 Å². The zero-order valence-electron chi connectivity index (χ0n) is 18.8. The lowest BCUT2D eigenvalue weighted by atomic mass is 10.1. The van der Waals surface area contributed by atoms with E-state index in [4.69, 9.17) is 9.47 Å². The Labute approximate surface area is 197 Å². The fraction of sp³-hybridized carbons (Fsp3) is 0.308. The van der Waals surface area contributed by atoms with E-state index in [1.165, 1.54) is 0 Å². The number of ether oxygens (including phenoxy) is 2. The van der Waals surface area contributed by atoms with Crippen molar-refractivity contribution in [2.24, 2.45) is 0 Å². The molecule has 1 atom stereocenters. The molecule has 0 saturated carbocycles. The Hall–Kier alpha value is -3.62. The average molecular weight is 462 g/mol. The molecule has 176 valence electrons. The van der Waals surface area contributed by atoms with Gasteiger partial charge in [-0.3, -0.25) is 14.5 Å². The van der Waals surface area contributed by atoms with Crippen LogP contribution in [0.3, 0.4) is 0 Å². The number of benzene rings is 3. The first-order chi connectivity index (χ1) is 16.6. The van der Waals surface area contributed by atoms with Crippen LogP contribution in [0.25, 0.3) is 10.8 Å². The Morgan fingerprint density at radius 2 is 1.68 bits per heavy atom. The standard InChI is InChI=1S/C26H27N3O5/c30-16-22(27-25(31)21-7-6-19-3-1-2-4-20(19)14-21)26(32)29-11-9-28(10-12-29)15-18-5-8-23-24(13-18)34-17-33-23/h1-8,13-14,22,30H,9-12,15-17H2,(H,27,31). The summed E-state index contributed by atoms with van der Waals surface area (Å²) in [7, 11) is 0. The van der Waals surface area contributed by atoms with Gasteiger partial charge in [-0.05, 0) is 40.6 Å². The molecule has 1 fully saturated rings. The maximum absolute atomic E-state index is 13.0. The fourth-order valence-electron chi connectivity index (χ4n) is 4.40. The van der Waals surface area contributed by atoms with E-state index in [0.717, 1.165) is 34.4 Å². The number of aliphatic hydroxyl groups is 1. The molecule has 2 N–H and O–H groups in total. The first kappa shape index (κ1) is 22.2. The first-order valence-corrected chi connectivity index (χ1v) is 11.4. The molecule has 0 radical (unpaired) electrons. The molecular formula is C26H27N3O5. The van der Waals surface area contributed by atoms with Crippen LogP contribution in [0.5, 0.6) is 11.5 Å². The highest BCUT2D eigenvalue weighted by molar-refractivity contribution is 6.00. The Balaban J connectivity index is 1.16. The Morgan fingerprint density at radius 3 is 2.47 bits per heavy atom. The number of nitrogens with zero attached hydrogens (tertiary/aromatic N) is 2. The number of piperazine rings is 1. The van der Waals surface area contributed by atoms with Gasteiger partial charge in [0.2, 0.25) is 12.7 Å². The van der Waals surface area contributed by atoms with Crippen LogP contribution >= 0.6 is 0 Å². The van der Waals surface area contributed by atoms with E-state index in [0.29, 0.717) is 31.7 Å². The number of rotatable bonds is 6. The minimum absolute atomic E-state index is 0.253. The highest BCUT2D eigenvalue weighted by Gasteiger charge is 2.28. The summed E-state index contributed by atoms with van der Waals surface area (Å²) in [5, 5.41) is 14.5. The Kier molecular flexibility index (Phi) is 6.33. The van der Waals surface area contributed by atoms with Crippen LogP contribution in [-0.2, 0) is 11.3 Å². The van der Waals surface area contributed by atoms with Crippen LogP contribution in [0.2, 0.25) is 0 Å². The molecule has 8 nitrogen and oxygen atoms in total. The molecule has 2 aliphatic heterocycles. The van der Waals surface area contributed by atoms with Gasteiger partial charge in [-0.1, -0.05) is 36.4 Å². The third-order valence-corrected chi connectivity index (χ3v) is 6.32. The van der Waals surface area contributed by atoms with Gasteiger partial charge in [0.1, 0.15) is 6.04 Å². The number of nitrogens with one attached hydrogen (secondary N) is 1. The minimum Gasteiger partial charge on any atom is -0.454 e. The molecule has 0 aliphatic carbocycles. The topological polar surface area (TPSA) is 91.3 Å². The molecule has 3 aromatic carbocycles. The molecule has 34 heavy (non-hydrogen) atoms. The monoisotopic (exact) mass is 461 g/mol. The molecule has 2 amide bonds. The molecule has 1 saturated heterocycles. The highest BCUT2D eigenvalue weighted by atomic mass is 16.7. The third kappa shape index (κ3) is 4.69. The van der Waals surface area contributed by atoms with Crippen LogP contribution < -0.4 is 14.8 Å². The van der Waals surface area contributed by atoms with Gasteiger partial charge >= 0.3 is 0 Å². The van der Waals surface area contributed by atoms with Crippen molar-refractivity contribution in [3.05, 3.63) is 71.8 Å². The number of carbonyl (C=O) groups excluding carboxylic acids is 2. The van der Waals surface area contributed by atoms with Gasteiger partial charge in [-0.15, -0.1) is 0 Å². The van der Waals surface area contributed by atoms with E-state index in [2.05, 4.69) is 10.2 Å². The highest BCUT2D eigenvalue weighted by Crippen LogP contribution is 2.32. The van der Waals surface area contributed by atoms with Crippen molar-refractivity contribution in [1.29, 1.82) is 0 Å². The second-order valence-corrected chi connectivity index (χ2v) is 8.56. The molecule has 0 spiro atoms. The van der Waals surface area contributed by atoms with Crippen LogP contribution in [0.4, 0.5) is 0 Å². The van der Waals surface area contributed by atoms with E-state index in [1.54, 1.807) is 17.0 Å². The summed E-state index contributed by atoms with van der Waals surface area (Å²) in [6, 6.07) is 18.1. The van der Waals surface area contributed by atoms with E-state index >= 15 is 0 Å². The summed E-state index contributed by atoms with van der Waals surface area (Å²) < 4.78 is 10.8. The summed E-state index contributed by atoms with van der Waals surface area (Å²) >= 11 is 0. The number of carbonyl (C=O) groups is 2. The quantitative estimate of drug-likeness (QED) is 0.584. The van der Waals surface area contributed by atoms with Gasteiger partial charge < -0.3 is 24.8 Å². The number of amides is 2. The third-order valence-electron chi connectivity index (χ3n) is 6.32. The van der Waals surface area contributed by atoms with E-state index < -0.39 is 12.6 Å². The smallest absolute Gasteiger partial charge is 0.252 e. The summed E-state index contributed by atoms with van der Waals surface area (Å²) in [5.41, 5.74) is 1.58. The summed E-state index contributed by atoms with van der Waals surface area (Å²) in [5.74, 6) is 0.887. The first-order valence-electron chi connectivity index (χ1n) is 11.4. The summed E-state index contributed by atoms with van der Waals surface area (Å²) in [6.07, 6.45) is 0. The van der Waals surface area contributed by atoms with E-state index in [9.17, 15) is 14.7 Å². The maximum atomic E-state index is 13.0. The van der Waals surface area contributed by atoms with Gasteiger partial charge in [0.05, 0.1) is 6.61 Å². The Bertz CT molecular complexity index is 1210. The zero-order chi connectivity index (χ0) is 23.5. The summed E-state index contributed by atoms with van der Waals surface area (Å²) in [4.78, 5) is 29.7. The number of aliphatic hydroxyl groups excluding tert-OH is 1. The van der Waals surface area contributed by atoms with Gasteiger partial charge in [0, 0.05) is 38.3 Å². The molecular weight excluding hydrogens is 434 g/mol. The fourth-order valence-corrected chi connectivity index (χ4v) is 4.40. The van der Waals surface area contributed by atoms with Crippen molar-refractivity contribution < 1.29 is 24.2 Å². The SMILES string of the molecule is O=C(NC(CO)C(=O)N1CCN(Cc2ccc3c(c2)OCO3)CC1)c1ccc2ccccc2c1. The van der Waals surface area contributed by atoms with Crippen molar-refractivity contribution in [2.45, 2.75) is 12.6 Å². The van der Waals surface area contributed by atoms with Crippen LogP contribution in [-0.4, -0.2) is 72.3 Å². The van der Waals surface area contributed by atoms with Crippen molar-refractivity contribution in [3.63, 3.8) is 0 Å². The number of hydrogen-bond acceptors (Lipinski definition) is 6. The van der Waals surface area contributed by atoms with Crippen molar-refractivity contribution >= 4 is 22.6 Å². The van der Waals surface area contributed by atoms with Crippen LogP contribution in [0.1, 0.15) is 15.9 Å². The number of fused-ring (bicyclic) bond motifs is 2. The lowest BCUT2D eigenvalue weighted by Gasteiger charge is -2.36. The normalized spacial score (nSPS) is 16.4. The van der Waals surface area contributed by atoms with Gasteiger partial charge in [-0.25, -0.2) is 0 Å². The van der Waals surface area contributed by atoms with E-state index in [1.807, 2.05) is 48.5 Å².